The summed E-state index contributed by atoms with van der Waals surface area (Å²) in [7, 11) is 0. The summed E-state index contributed by atoms with van der Waals surface area (Å²) < 4.78 is 27.7. The Kier molecular flexibility index (Phi) is 4.75. The molecule has 0 spiro atoms. The molecule has 3 aromatic heterocycles. The highest BCUT2D eigenvalue weighted by Gasteiger charge is 2.27. The second-order valence-corrected chi connectivity index (χ2v) is 7.76. The highest BCUT2D eigenvalue weighted by atomic mass is 19.3. The second-order valence-electron chi connectivity index (χ2n) is 7.76. The quantitative estimate of drug-likeness (QED) is 0.520. The third-order valence-electron chi connectivity index (χ3n) is 5.58. The van der Waals surface area contributed by atoms with E-state index in [1.165, 1.54) is 6.07 Å². The van der Waals surface area contributed by atoms with Gasteiger partial charge in [0.25, 0.3) is 6.43 Å². The zero-order chi connectivity index (χ0) is 20.7. The summed E-state index contributed by atoms with van der Waals surface area (Å²) >= 11 is 0. The van der Waals surface area contributed by atoms with E-state index in [-0.39, 0.29) is 11.8 Å². The molecule has 4 aromatic rings. The maximum atomic E-state index is 13.1. The Labute approximate surface area is 172 Å². The Morgan fingerprint density at radius 2 is 1.87 bits per heavy atom. The van der Waals surface area contributed by atoms with Crippen LogP contribution in [0.1, 0.15) is 30.7 Å². The molecule has 3 heterocycles. The molecule has 0 radical (unpaired) electrons. The topological polar surface area (TPSA) is 63.8 Å². The van der Waals surface area contributed by atoms with E-state index in [1.807, 2.05) is 36.4 Å². The fourth-order valence-electron chi connectivity index (χ4n) is 3.96. The molecule has 0 amide bonds. The minimum atomic E-state index is -2.63. The molecule has 1 aliphatic carbocycles. The number of hydrogen-bond acceptors (Lipinski definition) is 4. The van der Waals surface area contributed by atoms with E-state index < -0.39 is 6.43 Å². The number of aliphatic hydroxyl groups excluding tert-OH is 1. The summed E-state index contributed by atoms with van der Waals surface area (Å²) in [5.74, 6) is 0.838. The van der Waals surface area contributed by atoms with E-state index in [2.05, 4.69) is 10.1 Å². The van der Waals surface area contributed by atoms with Gasteiger partial charge < -0.3 is 5.11 Å². The van der Waals surface area contributed by atoms with Crippen LogP contribution in [0.25, 0.3) is 28.0 Å². The molecule has 152 valence electrons. The second kappa shape index (κ2) is 7.57. The van der Waals surface area contributed by atoms with E-state index in [9.17, 15) is 13.9 Å². The molecule has 1 fully saturated rings. The van der Waals surface area contributed by atoms with Crippen molar-refractivity contribution in [2.45, 2.75) is 31.8 Å². The Balaban J connectivity index is 1.50. The van der Waals surface area contributed by atoms with Crippen LogP contribution in [0, 0.1) is 5.92 Å². The number of rotatable bonds is 5. The van der Waals surface area contributed by atoms with Gasteiger partial charge in [-0.15, -0.1) is 0 Å². The SMILES string of the molecule is OC1CC(Cc2cccc(-c3ccc4cnn(-c5cccc(C(F)F)n5)c4c3)n2)C1. The van der Waals surface area contributed by atoms with Gasteiger partial charge in [0, 0.05) is 16.6 Å². The zero-order valence-electron chi connectivity index (χ0n) is 16.1. The zero-order valence-corrected chi connectivity index (χ0v) is 16.1. The number of hydrogen-bond donors (Lipinski definition) is 1. The maximum absolute atomic E-state index is 13.1. The van der Waals surface area contributed by atoms with Crippen LogP contribution in [0.4, 0.5) is 8.78 Å². The fourth-order valence-corrected chi connectivity index (χ4v) is 3.96. The number of benzene rings is 1. The molecule has 5 rings (SSSR count). The number of pyridine rings is 2. The first-order valence-corrected chi connectivity index (χ1v) is 9.94. The molecule has 7 heteroatoms. The van der Waals surface area contributed by atoms with Crippen LogP contribution in [0.3, 0.4) is 0 Å². The molecule has 0 aliphatic heterocycles. The van der Waals surface area contributed by atoms with E-state index in [0.29, 0.717) is 11.7 Å². The molecule has 1 aliphatic rings. The lowest BCUT2D eigenvalue weighted by Crippen LogP contribution is -2.29. The lowest BCUT2D eigenvalue weighted by Gasteiger charge is -2.31. The van der Waals surface area contributed by atoms with Crippen LogP contribution in [0.5, 0.6) is 0 Å². The Morgan fingerprint density at radius 3 is 2.67 bits per heavy atom. The molecule has 1 N–H and O–H groups in total. The van der Waals surface area contributed by atoms with Crippen molar-refractivity contribution in [3.8, 4) is 17.1 Å². The van der Waals surface area contributed by atoms with Gasteiger partial charge in [-0.1, -0.05) is 24.3 Å². The average molecular weight is 406 g/mol. The smallest absolute Gasteiger partial charge is 0.280 e. The molecule has 1 aromatic carbocycles. The number of nitrogens with zero attached hydrogens (tertiary/aromatic N) is 4. The third kappa shape index (κ3) is 3.57. The summed E-state index contributed by atoms with van der Waals surface area (Å²) in [6, 6.07) is 16.4. The largest absolute Gasteiger partial charge is 0.393 e. The summed E-state index contributed by atoms with van der Waals surface area (Å²) in [4.78, 5) is 8.85. The van der Waals surface area contributed by atoms with Gasteiger partial charge in [-0.25, -0.2) is 18.4 Å². The van der Waals surface area contributed by atoms with Gasteiger partial charge in [0.1, 0.15) is 5.69 Å². The standard InChI is InChI=1S/C23H20F2N4O/c24-23(25)20-5-2-6-22(28-20)29-21-12-15(7-8-16(21)13-26-29)19-4-1-3-17(27-19)9-14-10-18(30)11-14/h1-8,12-14,18,23,30H,9-11H2. The lowest BCUT2D eigenvalue weighted by atomic mass is 9.79. The lowest BCUT2D eigenvalue weighted by molar-refractivity contribution is 0.0428. The molecule has 5 nitrogen and oxygen atoms in total. The average Bonchev–Trinajstić information content (AvgIpc) is 3.16. The van der Waals surface area contributed by atoms with Gasteiger partial charge in [0.2, 0.25) is 0 Å². The van der Waals surface area contributed by atoms with Crippen molar-refractivity contribution in [2.24, 2.45) is 5.92 Å². The molecule has 0 saturated heterocycles. The van der Waals surface area contributed by atoms with E-state index in [4.69, 9.17) is 4.98 Å². The van der Waals surface area contributed by atoms with Crippen molar-refractivity contribution >= 4 is 10.9 Å². The van der Waals surface area contributed by atoms with Gasteiger partial charge in [-0.05, 0) is 55.5 Å². The van der Waals surface area contributed by atoms with Crippen LogP contribution >= 0.6 is 0 Å². The molecule has 0 atom stereocenters. The third-order valence-corrected chi connectivity index (χ3v) is 5.58. The van der Waals surface area contributed by atoms with Crippen molar-refractivity contribution in [3.63, 3.8) is 0 Å². The molecule has 30 heavy (non-hydrogen) atoms. The normalized spacial score (nSPS) is 18.7. The number of fused-ring (bicyclic) bond motifs is 1. The molecule has 1 saturated carbocycles. The van der Waals surface area contributed by atoms with Crippen LogP contribution in [0.15, 0.2) is 60.8 Å². The number of aromatic nitrogens is 4. The monoisotopic (exact) mass is 406 g/mol. The predicted octanol–water partition coefficient (Wildman–Crippen LogP) is 4.73. The predicted molar refractivity (Wildman–Crippen MR) is 109 cm³/mol. The maximum Gasteiger partial charge on any atom is 0.280 e. The Morgan fingerprint density at radius 1 is 1.03 bits per heavy atom. The number of alkyl halides is 2. The number of halogens is 2. The summed E-state index contributed by atoms with van der Waals surface area (Å²) in [5, 5.41) is 14.7. The molecular weight excluding hydrogens is 386 g/mol. The fraction of sp³-hybridized carbons (Fsp3) is 0.261. The minimum Gasteiger partial charge on any atom is -0.393 e. The van der Waals surface area contributed by atoms with Crippen LogP contribution < -0.4 is 0 Å². The van der Waals surface area contributed by atoms with Gasteiger partial charge in [-0.3, -0.25) is 4.98 Å². The van der Waals surface area contributed by atoms with Crippen LogP contribution in [0.2, 0.25) is 0 Å². The van der Waals surface area contributed by atoms with Gasteiger partial charge >= 0.3 is 0 Å². The summed E-state index contributed by atoms with van der Waals surface area (Å²) in [6.45, 7) is 0. The highest BCUT2D eigenvalue weighted by Crippen LogP contribution is 2.31. The van der Waals surface area contributed by atoms with Crippen molar-refractivity contribution in [1.82, 2.24) is 19.7 Å². The molecule has 0 unspecified atom stereocenters. The Bertz CT molecular complexity index is 1200. The van der Waals surface area contributed by atoms with Crippen LogP contribution in [-0.4, -0.2) is 31.0 Å². The van der Waals surface area contributed by atoms with Gasteiger partial charge in [-0.2, -0.15) is 5.10 Å². The summed E-state index contributed by atoms with van der Waals surface area (Å²) in [6.07, 6.45) is 1.42. The van der Waals surface area contributed by atoms with Gasteiger partial charge in [0.15, 0.2) is 5.82 Å². The Hall–Kier alpha value is -3.19. The van der Waals surface area contributed by atoms with E-state index >= 15 is 0 Å². The van der Waals surface area contributed by atoms with Crippen molar-refractivity contribution < 1.29 is 13.9 Å². The first kappa shape index (κ1) is 18.8. The van der Waals surface area contributed by atoms with Crippen molar-refractivity contribution in [2.75, 3.05) is 0 Å². The van der Waals surface area contributed by atoms with Crippen molar-refractivity contribution in [3.05, 3.63) is 72.2 Å². The minimum absolute atomic E-state index is 0.168. The van der Waals surface area contributed by atoms with Crippen molar-refractivity contribution in [1.29, 1.82) is 0 Å². The first-order chi connectivity index (χ1) is 14.6. The summed E-state index contributed by atoms with van der Waals surface area (Å²) in [5.41, 5.74) is 3.27. The first-order valence-electron chi connectivity index (χ1n) is 9.94. The van der Waals surface area contributed by atoms with Crippen LogP contribution in [-0.2, 0) is 6.42 Å². The van der Waals surface area contributed by atoms with E-state index in [1.54, 1.807) is 23.0 Å². The van der Waals surface area contributed by atoms with Gasteiger partial charge in [0.05, 0.1) is 23.5 Å². The molecular formula is C23H20F2N4O. The highest BCUT2D eigenvalue weighted by molar-refractivity contribution is 5.84. The van der Waals surface area contributed by atoms with E-state index in [0.717, 1.165) is 47.1 Å². The molecule has 0 bridgehead atoms. The number of aliphatic hydroxyl groups is 1.